The fourth-order valence-electron chi connectivity index (χ4n) is 2.45. The monoisotopic (exact) mass is 303 g/mol. The van der Waals surface area contributed by atoms with E-state index in [1.54, 1.807) is 11.3 Å². The molecule has 1 heterocycles. The lowest BCUT2D eigenvalue weighted by molar-refractivity contribution is 0.727. The standard InChI is InChI=1S/C17H25N3S/c1-6-14-16(11-18-7-2)21-17(19-14)20(5)15-9-8-12(3)10-13(15)4/h8-10,18H,6-7,11H2,1-5H3. The molecule has 0 bridgehead atoms. The van der Waals surface area contributed by atoms with Crippen LogP contribution >= 0.6 is 11.3 Å². The molecule has 0 spiro atoms. The first-order valence-corrected chi connectivity index (χ1v) is 8.38. The summed E-state index contributed by atoms with van der Waals surface area (Å²) in [5.74, 6) is 0. The van der Waals surface area contributed by atoms with E-state index >= 15 is 0 Å². The lowest BCUT2D eigenvalue weighted by Crippen LogP contribution is -2.11. The fourth-order valence-corrected chi connectivity index (χ4v) is 3.54. The summed E-state index contributed by atoms with van der Waals surface area (Å²) in [5, 5.41) is 4.48. The molecule has 2 aromatic rings. The van der Waals surface area contributed by atoms with Crippen molar-refractivity contribution in [3.8, 4) is 0 Å². The van der Waals surface area contributed by atoms with Crippen LogP contribution in [0.3, 0.4) is 0 Å². The lowest BCUT2D eigenvalue weighted by atomic mass is 10.1. The topological polar surface area (TPSA) is 28.2 Å². The van der Waals surface area contributed by atoms with Crippen molar-refractivity contribution in [2.24, 2.45) is 0 Å². The van der Waals surface area contributed by atoms with Crippen LogP contribution in [0.25, 0.3) is 0 Å². The molecule has 2 rings (SSSR count). The number of anilines is 2. The van der Waals surface area contributed by atoms with Crippen LogP contribution in [0, 0.1) is 13.8 Å². The van der Waals surface area contributed by atoms with Crippen molar-refractivity contribution >= 4 is 22.2 Å². The summed E-state index contributed by atoms with van der Waals surface area (Å²) in [6.45, 7) is 10.5. The van der Waals surface area contributed by atoms with Gasteiger partial charge in [0.05, 0.1) is 5.69 Å². The Morgan fingerprint density at radius 1 is 1.24 bits per heavy atom. The molecule has 0 aliphatic carbocycles. The summed E-state index contributed by atoms with van der Waals surface area (Å²) in [5.41, 5.74) is 5.03. The van der Waals surface area contributed by atoms with Gasteiger partial charge in [-0.25, -0.2) is 4.98 Å². The molecule has 0 amide bonds. The average Bonchev–Trinajstić information content (AvgIpc) is 2.87. The molecular formula is C17H25N3S. The molecule has 0 aliphatic rings. The number of benzene rings is 1. The molecule has 0 radical (unpaired) electrons. The van der Waals surface area contributed by atoms with E-state index in [1.807, 2.05) is 0 Å². The van der Waals surface area contributed by atoms with E-state index in [-0.39, 0.29) is 0 Å². The zero-order valence-electron chi connectivity index (χ0n) is 13.7. The Morgan fingerprint density at radius 3 is 2.62 bits per heavy atom. The van der Waals surface area contributed by atoms with Crippen LogP contribution in [0.1, 0.15) is 35.5 Å². The smallest absolute Gasteiger partial charge is 0.190 e. The minimum atomic E-state index is 0.915. The van der Waals surface area contributed by atoms with E-state index in [0.29, 0.717) is 0 Å². The third-order valence-electron chi connectivity index (χ3n) is 3.64. The van der Waals surface area contributed by atoms with Gasteiger partial charge in [-0.3, -0.25) is 0 Å². The molecule has 0 aliphatic heterocycles. The minimum Gasteiger partial charge on any atom is -0.321 e. The van der Waals surface area contributed by atoms with E-state index in [2.05, 4.69) is 63.2 Å². The van der Waals surface area contributed by atoms with Crippen molar-refractivity contribution in [3.63, 3.8) is 0 Å². The zero-order valence-corrected chi connectivity index (χ0v) is 14.5. The molecule has 0 saturated carbocycles. The Labute approximate surface area is 132 Å². The molecule has 0 saturated heterocycles. The molecule has 1 aromatic carbocycles. The Morgan fingerprint density at radius 2 is 2.00 bits per heavy atom. The molecule has 21 heavy (non-hydrogen) atoms. The number of nitrogens with zero attached hydrogens (tertiary/aromatic N) is 2. The molecule has 4 heteroatoms. The maximum Gasteiger partial charge on any atom is 0.190 e. The van der Waals surface area contributed by atoms with Gasteiger partial charge in [0.2, 0.25) is 0 Å². The summed E-state index contributed by atoms with van der Waals surface area (Å²) >= 11 is 1.79. The SMILES string of the molecule is CCNCc1sc(N(C)c2ccc(C)cc2C)nc1CC. The molecule has 0 atom stereocenters. The maximum atomic E-state index is 4.83. The first-order chi connectivity index (χ1) is 10.1. The number of hydrogen-bond donors (Lipinski definition) is 1. The van der Waals surface area contributed by atoms with Gasteiger partial charge in [-0.05, 0) is 38.4 Å². The number of rotatable bonds is 6. The van der Waals surface area contributed by atoms with Gasteiger partial charge in [-0.2, -0.15) is 0 Å². The molecule has 0 unspecified atom stereocenters. The van der Waals surface area contributed by atoms with Gasteiger partial charge < -0.3 is 10.2 Å². The van der Waals surface area contributed by atoms with Crippen molar-refractivity contribution in [2.75, 3.05) is 18.5 Å². The van der Waals surface area contributed by atoms with Gasteiger partial charge >= 0.3 is 0 Å². The number of hydrogen-bond acceptors (Lipinski definition) is 4. The number of aryl methyl sites for hydroxylation is 3. The zero-order chi connectivity index (χ0) is 15.4. The highest BCUT2D eigenvalue weighted by molar-refractivity contribution is 7.15. The van der Waals surface area contributed by atoms with E-state index in [9.17, 15) is 0 Å². The summed E-state index contributed by atoms with van der Waals surface area (Å²) in [6, 6.07) is 6.56. The van der Waals surface area contributed by atoms with Gasteiger partial charge in [0.1, 0.15) is 0 Å². The first-order valence-electron chi connectivity index (χ1n) is 7.57. The summed E-state index contributed by atoms with van der Waals surface area (Å²) in [4.78, 5) is 8.38. The first kappa shape index (κ1) is 16.0. The third-order valence-corrected chi connectivity index (χ3v) is 4.81. The Bertz CT molecular complexity index is 604. The molecule has 0 fully saturated rings. The van der Waals surface area contributed by atoms with Crippen molar-refractivity contribution in [1.82, 2.24) is 10.3 Å². The van der Waals surface area contributed by atoms with Crippen molar-refractivity contribution in [2.45, 2.75) is 40.7 Å². The Balaban J connectivity index is 2.30. The predicted molar refractivity (Wildman–Crippen MR) is 92.9 cm³/mol. The maximum absolute atomic E-state index is 4.83. The summed E-state index contributed by atoms with van der Waals surface area (Å²) < 4.78 is 0. The van der Waals surface area contributed by atoms with Gasteiger partial charge in [-0.15, -0.1) is 0 Å². The summed E-state index contributed by atoms with van der Waals surface area (Å²) in [7, 11) is 2.10. The predicted octanol–water partition coefficient (Wildman–Crippen LogP) is 4.20. The highest BCUT2D eigenvalue weighted by Crippen LogP contribution is 2.32. The van der Waals surface area contributed by atoms with Crippen molar-refractivity contribution < 1.29 is 0 Å². The average molecular weight is 303 g/mol. The van der Waals surface area contributed by atoms with E-state index < -0.39 is 0 Å². The van der Waals surface area contributed by atoms with Crippen molar-refractivity contribution in [3.05, 3.63) is 39.9 Å². The highest BCUT2D eigenvalue weighted by Gasteiger charge is 2.15. The molecular weight excluding hydrogens is 278 g/mol. The molecule has 114 valence electrons. The second-order valence-electron chi connectivity index (χ2n) is 5.35. The van der Waals surface area contributed by atoms with Crippen LogP contribution in [0.5, 0.6) is 0 Å². The van der Waals surface area contributed by atoms with E-state index in [4.69, 9.17) is 4.98 Å². The van der Waals surface area contributed by atoms with Gasteiger partial charge in [0, 0.05) is 24.2 Å². The number of aromatic nitrogens is 1. The third kappa shape index (κ3) is 3.63. The van der Waals surface area contributed by atoms with Crippen LogP contribution < -0.4 is 10.2 Å². The normalized spacial score (nSPS) is 10.9. The van der Waals surface area contributed by atoms with Gasteiger partial charge in [-0.1, -0.05) is 42.9 Å². The van der Waals surface area contributed by atoms with Gasteiger partial charge in [0.15, 0.2) is 5.13 Å². The second kappa shape index (κ2) is 7.05. The van der Waals surface area contributed by atoms with Crippen molar-refractivity contribution in [1.29, 1.82) is 0 Å². The van der Waals surface area contributed by atoms with Crippen LogP contribution in [0.15, 0.2) is 18.2 Å². The van der Waals surface area contributed by atoms with Gasteiger partial charge in [0.25, 0.3) is 0 Å². The van der Waals surface area contributed by atoms with Crippen LogP contribution in [-0.2, 0) is 13.0 Å². The minimum absolute atomic E-state index is 0.915. The largest absolute Gasteiger partial charge is 0.321 e. The Kier molecular flexibility index (Phi) is 5.37. The molecule has 3 nitrogen and oxygen atoms in total. The Hall–Kier alpha value is -1.39. The van der Waals surface area contributed by atoms with Crippen LogP contribution in [-0.4, -0.2) is 18.6 Å². The summed E-state index contributed by atoms with van der Waals surface area (Å²) in [6.07, 6.45) is 0.984. The van der Waals surface area contributed by atoms with Crippen LogP contribution in [0.4, 0.5) is 10.8 Å². The lowest BCUT2D eigenvalue weighted by Gasteiger charge is -2.18. The molecule has 1 N–H and O–H groups in total. The number of thiazole rings is 1. The highest BCUT2D eigenvalue weighted by atomic mass is 32.1. The van der Waals surface area contributed by atoms with E-state index in [0.717, 1.165) is 24.6 Å². The molecule has 1 aromatic heterocycles. The fraction of sp³-hybridized carbons (Fsp3) is 0.471. The number of nitrogens with one attached hydrogen (secondary N) is 1. The van der Waals surface area contributed by atoms with Crippen LogP contribution in [0.2, 0.25) is 0 Å². The quantitative estimate of drug-likeness (QED) is 0.867. The van der Waals surface area contributed by atoms with E-state index in [1.165, 1.54) is 27.4 Å². The second-order valence-corrected chi connectivity index (χ2v) is 6.41.